The average molecular weight is 468 g/mol. The molecule has 0 aliphatic rings. The first-order valence-electron chi connectivity index (χ1n) is 12.3. The second kappa shape index (κ2) is 12.1. The van der Waals surface area contributed by atoms with Crippen LogP contribution in [0.1, 0.15) is 61.0 Å². The minimum atomic E-state index is -0.0284. The number of hydrogen-bond acceptors (Lipinski definition) is 3. The lowest BCUT2D eigenvalue weighted by Gasteiger charge is -2.20. The van der Waals surface area contributed by atoms with Crippen molar-refractivity contribution in [1.29, 1.82) is 0 Å². The Morgan fingerprint density at radius 3 is 1.94 bits per heavy atom. The van der Waals surface area contributed by atoms with Crippen molar-refractivity contribution in [2.24, 2.45) is 0 Å². The molecule has 2 atom stereocenters. The van der Waals surface area contributed by atoms with Crippen LogP contribution < -0.4 is 10.1 Å². The normalized spacial score (nSPS) is 12.8. The van der Waals surface area contributed by atoms with E-state index >= 15 is 0 Å². The molecule has 1 N–H and O–H groups in total. The minimum absolute atomic E-state index is 0.0284. The zero-order valence-corrected chi connectivity index (χ0v) is 20.4. The molecule has 1 amide bonds. The number of hydrogen-bond donors (Lipinski definition) is 1. The van der Waals surface area contributed by atoms with Crippen molar-refractivity contribution in [1.82, 2.24) is 5.32 Å². The van der Waals surface area contributed by atoms with Crippen molar-refractivity contribution in [3.63, 3.8) is 0 Å². The van der Waals surface area contributed by atoms with Crippen molar-refractivity contribution >= 4 is 5.91 Å². The van der Waals surface area contributed by atoms with E-state index in [9.17, 15) is 4.79 Å². The van der Waals surface area contributed by atoms with E-state index in [1.807, 2.05) is 74.5 Å². The Kier molecular flexibility index (Phi) is 8.39. The fraction of sp³-hybridized carbons (Fsp3) is 0.258. The molecule has 0 aliphatic carbocycles. The highest BCUT2D eigenvalue weighted by molar-refractivity contribution is 5.77. The number of nitrogens with one attached hydrogen (secondary N) is 1. The second-order valence-electron chi connectivity index (χ2n) is 9.02. The molecule has 0 aliphatic heterocycles. The number of rotatable bonds is 11. The van der Waals surface area contributed by atoms with Crippen molar-refractivity contribution < 1.29 is 13.9 Å². The van der Waals surface area contributed by atoms with Gasteiger partial charge in [-0.05, 0) is 61.2 Å². The largest absolute Gasteiger partial charge is 0.491 e. The first-order valence-corrected chi connectivity index (χ1v) is 12.3. The first kappa shape index (κ1) is 24.3. The van der Waals surface area contributed by atoms with Crippen LogP contribution >= 0.6 is 0 Å². The third-order valence-corrected chi connectivity index (χ3v) is 6.09. The van der Waals surface area contributed by atoms with Gasteiger partial charge in [0.25, 0.3) is 0 Å². The fourth-order valence-corrected chi connectivity index (χ4v) is 4.43. The molecule has 1 heterocycles. The summed E-state index contributed by atoms with van der Waals surface area (Å²) in [6.45, 7) is 4.60. The summed E-state index contributed by atoms with van der Waals surface area (Å²) < 4.78 is 11.5. The van der Waals surface area contributed by atoms with Crippen LogP contribution in [0.3, 0.4) is 0 Å². The summed E-state index contributed by atoms with van der Waals surface area (Å²) in [5.41, 5.74) is 3.40. The summed E-state index contributed by atoms with van der Waals surface area (Å²) in [6, 6.07) is 32.5. The van der Waals surface area contributed by atoms with Crippen LogP contribution in [-0.4, -0.2) is 18.6 Å². The van der Waals surface area contributed by atoms with Gasteiger partial charge in [-0.1, -0.05) is 72.8 Å². The molecule has 4 heteroatoms. The Hall–Kier alpha value is -3.79. The number of carbonyl (C=O) groups excluding carboxylic acids is 1. The van der Waals surface area contributed by atoms with E-state index in [1.165, 1.54) is 5.56 Å². The lowest BCUT2D eigenvalue weighted by molar-refractivity contribution is -0.121. The molecule has 0 bridgehead atoms. The highest BCUT2D eigenvalue weighted by atomic mass is 16.5. The van der Waals surface area contributed by atoms with Gasteiger partial charge in [0.1, 0.15) is 11.5 Å². The maximum Gasteiger partial charge on any atom is 0.220 e. The maximum absolute atomic E-state index is 13.1. The smallest absolute Gasteiger partial charge is 0.220 e. The molecule has 0 spiro atoms. The SMILES string of the molecule is CC(C)Oc1ccc([C@H](CC(=O)NCC[C@H](c2ccccc2)c2ccco2)c2ccccc2)cc1. The van der Waals surface area contributed by atoms with Gasteiger partial charge in [0.2, 0.25) is 5.91 Å². The van der Waals surface area contributed by atoms with Crippen LogP contribution in [0.15, 0.2) is 108 Å². The Morgan fingerprint density at radius 2 is 1.37 bits per heavy atom. The molecule has 0 unspecified atom stereocenters. The highest BCUT2D eigenvalue weighted by Gasteiger charge is 2.20. The van der Waals surface area contributed by atoms with Crippen molar-refractivity contribution in [2.45, 2.75) is 44.6 Å². The quantitative estimate of drug-likeness (QED) is 0.260. The first-order chi connectivity index (χ1) is 17.1. The number of amides is 1. The van der Waals surface area contributed by atoms with Gasteiger partial charge in [-0.3, -0.25) is 4.79 Å². The van der Waals surface area contributed by atoms with Crippen molar-refractivity contribution in [3.8, 4) is 5.75 Å². The summed E-state index contributed by atoms with van der Waals surface area (Å²) in [7, 11) is 0. The van der Waals surface area contributed by atoms with Gasteiger partial charge in [0, 0.05) is 24.8 Å². The molecule has 0 fully saturated rings. The molecule has 4 nitrogen and oxygen atoms in total. The Labute approximate surface area is 208 Å². The zero-order chi connectivity index (χ0) is 24.5. The lowest BCUT2D eigenvalue weighted by Crippen LogP contribution is -2.27. The van der Waals surface area contributed by atoms with Gasteiger partial charge in [-0.25, -0.2) is 0 Å². The molecular formula is C31H33NO3. The van der Waals surface area contributed by atoms with E-state index in [0.717, 1.165) is 29.1 Å². The van der Waals surface area contributed by atoms with Gasteiger partial charge in [-0.2, -0.15) is 0 Å². The van der Waals surface area contributed by atoms with Crippen LogP contribution in [0.4, 0.5) is 0 Å². The van der Waals surface area contributed by atoms with Crippen molar-refractivity contribution in [2.75, 3.05) is 6.54 Å². The van der Waals surface area contributed by atoms with E-state index in [1.54, 1.807) is 6.26 Å². The summed E-state index contributed by atoms with van der Waals surface area (Å²) in [4.78, 5) is 13.1. The molecule has 180 valence electrons. The summed E-state index contributed by atoms with van der Waals surface area (Å²) >= 11 is 0. The zero-order valence-electron chi connectivity index (χ0n) is 20.4. The molecule has 3 aromatic carbocycles. The van der Waals surface area contributed by atoms with E-state index < -0.39 is 0 Å². The molecule has 0 saturated carbocycles. The number of benzene rings is 3. The predicted octanol–water partition coefficient (Wildman–Crippen LogP) is 6.93. The van der Waals surface area contributed by atoms with Gasteiger partial charge >= 0.3 is 0 Å². The number of ether oxygens (including phenoxy) is 1. The molecule has 4 rings (SSSR count). The van der Waals surface area contributed by atoms with E-state index in [0.29, 0.717) is 13.0 Å². The molecule has 0 radical (unpaired) electrons. The van der Waals surface area contributed by atoms with Crippen molar-refractivity contribution in [3.05, 3.63) is 126 Å². The van der Waals surface area contributed by atoms with Gasteiger partial charge in [-0.15, -0.1) is 0 Å². The second-order valence-corrected chi connectivity index (χ2v) is 9.02. The summed E-state index contributed by atoms with van der Waals surface area (Å²) in [5, 5.41) is 3.15. The van der Waals surface area contributed by atoms with Crippen LogP contribution in [0.5, 0.6) is 5.75 Å². The average Bonchev–Trinajstić information content (AvgIpc) is 3.41. The Balaban J connectivity index is 1.42. The topological polar surface area (TPSA) is 51.5 Å². The number of carbonyl (C=O) groups is 1. The van der Waals surface area contributed by atoms with E-state index in [2.05, 4.69) is 41.7 Å². The van der Waals surface area contributed by atoms with Crippen LogP contribution in [-0.2, 0) is 4.79 Å². The summed E-state index contributed by atoms with van der Waals surface area (Å²) in [5.74, 6) is 1.86. The van der Waals surface area contributed by atoms with Crippen LogP contribution in [0, 0.1) is 0 Å². The highest BCUT2D eigenvalue weighted by Crippen LogP contribution is 2.30. The molecular weight excluding hydrogens is 434 g/mol. The van der Waals surface area contributed by atoms with Crippen LogP contribution in [0.2, 0.25) is 0 Å². The minimum Gasteiger partial charge on any atom is -0.491 e. The van der Waals surface area contributed by atoms with E-state index in [-0.39, 0.29) is 23.8 Å². The Morgan fingerprint density at radius 1 is 0.771 bits per heavy atom. The predicted molar refractivity (Wildman–Crippen MR) is 140 cm³/mol. The molecule has 4 aromatic rings. The van der Waals surface area contributed by atoms with Gasteiger partial charge in [0.05, 0.1) is 12.4 Å². The number of furan rings is 1. The third-order valence-electron chi connectivity index (χ3n) is 6.09. The summed E-state index contributed by atoms with van der Waals surface area (Å²) in [6.07, 6.45) is 2.97. The Bertz CT molecular complexity index is 1150. The standard InChI is InChI=1S/C31H33NO3/c1-23(2)35-27-17-15-26(16-18-27)29(25-12-7-4-8-13-25)22-31(33)32-20-19-28(30-14-9-21-34-30)24-10-5-3-6-11-24/h3-18,21,23,28-29H,19-20,22H2,1-2H3,(H,32,33)/t28-,29-/m1/s1. The molecule has 0 saturated heterocycles. The monoisotopic (exact) mass is 467 g/mol. The maximum atomic E-state index is 13.1. The van der Waals surface area contributed by atoms with E-state index in [4.69, 9.17) is 9.15 Å². The molecule has 1 aromatic heterocycles. The van der Waals surface area contributed by atoms with Gasteiger partial charge in [0.15, 0.2) is 0 Å². The fourth-order valence-electron chi connectivity index (χ4n) is 4.43. The van der Waals surface area contributed by atoms with Crippen LogP contribution in [0.25, 0.3) is 0 Å². The molecule has 35 heavy (non-hydrogen) atoms. The third kappa shape index (κ3) is 6.86. The van der Waals surface area contributed by atoms with Gasteiger partial charge < -0.3 is 14.5 Å². The lowest BCUT2D eigenvalue weighted by atomic mass is 9.88.